The molecule has 0 aliphatic carbocycles. The van der Waals surface area contributed by atoms with E-state index >= 15 is 0 Å². The van der Waals surface area contributed by atoms with Gasteiger partial charge in [-0.15, -0.1) is 0 Å². The summed E-state index contributed by atoms with van der Waals surface area (Å²) in [5.41, 5.74) is 1.88. The number of aromatic nitrogens is 1. The number of nitrogens with zero attached hydrogens (tertiary/aromatic N) is 2. The summed E-state index contributed by atoms with van der Waals surface area (Å²) in [5, 5.41) is 9.18. The van der Waals surface area contributed by atoms with Crippen LogP contribution in [0.25, 0.3) is 0 Å². The molecular formula is C14H10FIN2O. The van der Waals surface area contributed by atoms with Crippen LogP contribution < -0.4 is 4.74 Å². The van der Waals surface area contributed by atoms with Crippen molar-refractivity contribution in [2.24, 2.45) is 0 Å². The first kappa shape index (κ1) is 13.7. The number of aryl methyl sites for hydroxylation is 1. The molecule has 0 bridgehead atoms. The van der Waals surface area contributed by atoms with Gasteiger partial charge in [-0.25, -0.2) is 9.37 Å². The Kier molecular flexibility index (Phi) is 4.00. The zero-order valence-corrected chi connectivity index (χ0v) is 12.5. The van der Waals surface area contributed by atoms with Crippen molar-refractivity contribution < 1.29 is 9.13 Å². The fourth-order valence-corrected chi connectivity index (χ4v) is 2.01. The smallest absolute Gasteiger partial charge is 0.237 e. The molecule has 0 saturated heterocycles. The SMILES string of the molecule is Cc1cc(F)ccc1Oc1ncc(I)c(C)c1C#N. The van der Waals surface area contributed by atoms with Crippen LogP contribution in [0.2, 0.25) is 0 Å². The number of benzene rings is 1. The minimum Gasteiger partial charge on any atom is -0.437 e. The molecule has 0 saturated carbocycles. The molecule has 1 aromatic carbocycles. The zero-order valence-electron chi connectivity index (χ0n) is 10.4. The van der Waals surface area contributed by atoms with Gasteiger partial charge >= 0.3 is 0 Å². The molecule has 0 fully saturated rings. The molecule has 5 heteroatoms. The summed E-state index contributed by atoms with van der Waals surface area (Å²) in [4.78, 5) is 4.12. The second-order valence-corrected chi connectivity index (χ2v) is 5.20. The summed E-state index contributed by atoms with van der Waals surface area (Å²) in [7, 11) is 0. The van der Waals surface area contributed by atoms with Crippen LogP contribution in [-0.2, 0) is 0 Å². The van der Waals surface area contributed by atoms with Crippen LogP contribution in [-0.4, -0.2) is 4.98 Å². The van der Waals surface area contributed by atoms with E-state index in [0.29, 0.717) is 16.9 Å². The lowest BCUT2D eigenvalue weighted by Gasteiger charge is -2.10. The van der Waals surface area contributed by atoms with Crippen LogP contribution in [0.15, 0.2) is 24.4 Å². The number of halogens is 2. The standard InChI is InChI=1S/C14H10FIN2O/c1-8-5-10(15)3-4-13(8)19-14-11(6-17)9(2)12(16)7-18-14/h3-5,7H,1-2H3. The average molecular weight is 368 g/mol. The Morgan fingerprint density at radius 2 is 2.11 bits per heavy atom. The Bertz CT molecular complexity index is 680. The lowest BCUT2D eigenvalue weighted by molar-refractivity contribution is 0.455. The van der Waals surface area contributed by atoms with Gasteiger partial charge in [-0.05, 0) is 65.8 Å². The van der Waals surface area contributed by atoms with Gasteiger partial charge < -0.3 is 4.74 Å². The summed E-state index contributed by atoms with van der Waals surface area (Å²) in [6.45, 7) is 3.58. The topological polar surface area (TPSA) is 45.9 Å². The van der Waals surface area contributed by atoms with Crippen molar-refractivity contribution in [2.75, 3.05) is 0 Å². The second kappa shape index (κ2) is 5.53. The van der Waals surface area contributed by atoms with Crippen molar-refractivity contribution in [1.82, 2.24) is 4.98 Å². The molecular weight excluding hydrogens is 358 g/mol. The van der Waals surface area contributed by atoms with Crippen molar-refractivity contribution >= 4 is 22.6 Å². The van der Waals surface area contributed by atoms with E-state index in [1.54, 1.807) is 13.1 Å². The first-order valence-electron chi connectivity index (χ1n) is 5.52. The van der Waals surface area contributed by atoms with Gasteiger partial charge in [0.1, 0.15) is 23.2 Å². The molecule has 0 unspecified atom stereocenters. The molecule has 0 N–H and O–H groups in total. The molecule has 0 amide bonds. The molecule has 19 heavy (non-hydrogen) atoms. The molecule has 1 heterocycles. The van der Waals surface area contributed by atoms with E-state index in [4.69, 9.17) is 4.74 Å². The Hall–Kier alpha value is -1.68. The number of hydrogen-bond donors (Lipinski definition) is 0. The maximum absolute atomic E-state index is 13.0. The molecule has 0 aliphatic heterocycles. The van der Waals surface area contributed by atoms with E-state index in [0.717, 1.165) is 9.13 Å². The average Bonchev–Trinajstić information content (AvgIpc) is 2.37. The molecule has 1 aromatic heterocycles. The third kappa shape index (κ3) is 2.84. The van der Waals surface area contributed by atoms with Crippen molar-refractivity contribution in [3.8, 4) is 17.7 Å². The number of rotatable bonds is 2. The van der Waals surface area contributed by atoms with Gasteiger partial charge in [0, 0.05) is 9.77 Å². The van der Waals surface area contributed by atoms with Gasteiger partial charge in [-0.3, -0.25) is 0 Å². The number of hydrogen-bond acceptors (Lipinski definition) is 3. The van der Waals surface area contributed by atoms with Gasteiger partial charge in [-0.2, -0.15) is 5.26 Å². The molecule has 3 nitrogen and oxygen atoms in total. The van der Waals surface area contributed by atoms with Gasteiger partial charge in [0.2, 0.25) is 5.88 Å². The Morgan fingerprint density at radius 1 is 1.37 bits per heavy atom. The highest BCUT2D eigenvalue weighted by Gasteiger charge is 2.13. The van der Waals surface area contributed by atoms with E-state index in [1.807, 2.05) is 6.92 Å². The fourth-order valence-electron chi connectivity index (χ4n) is 1.60. The maximum atomic E-state index is 13.0. The number of pyridine rings is 1. The normalized spacial score (nSPS) is 10.1. The largest absolute Gasteiger partial charge is 0.437 e. The van der Waals surface area contributed by atoms with Crippen LogP contribution >= 0.6 is 22.6 Å². The van der Waals surface area contributed by atoms with Gasteiger partial charge in [0.25, 0.3) is 0 Å². The lowest BCUT2D eigenvalue weighted by atomic mass is 10.1. The summed E-state index contributed by atoms with van der Waals surface area (Å²) in [5.74, 6) is 0.415. The number of nitriles is 1. The zero-order chi connectivity index (χ0) is 14.0. The van der Waals surface area contributed by atoms with Gasteiger partial charge in [0.15, 0.2) is 0 Å². The summed E-state index contributed by atoms with van der Waals surface area (Å²) in [6, 6.07) is 6.31. The van der Waals surface area contributed by atoms with Crippen LogP contribution in [0.3, 0.4) is 0 Å². The first-order chi connectivity index (χ1) is 9.02. The van der Waals surface area contributed by atoms with Crippen molar-refractivity contribution in [1.29, 1.82) is 5.26 Å². The predicted molar refractivity (Wildman–Crippen MR) is 77.6 cm³/mol. The third-order valence-electron chi connectivity index (χ3n) is 2.70. The van der Waals surface area contributed by atoms with Gasteiger partial charge in [-0.1, -0.05) is 0 Å². The maximum Gasteiger partial charge on any atom is 0.237 e. The summed E-state index contributed by atoms with van der Waals surface area (Å²) < 4.78 is 19.5. The van der Waals surface area contributed by atoms with Crippen molar-refractivity contribution in [3.63, 3.8) is 0 Å². The molecule has 96 valence electrons. The fraction of sp³-hybridized carbons (Fsp3) is 0.143. The minimum absolute atomic E-state index is 0.245. The van der Waals surface area contributed by atoms with E-state index in [2.05, 4.69) is 33.6 Å². The Balaban J connectivity index is 2.44. The third-order valence-corrected chi connectivity index (χ3v) is 3.79. The van der Waals surface area contributed by atoms with Gasteiger partial charge in [0.05, 0.1) is 0 Å². The minimum atomic E-state index is -0.322. The van der Waals surface area contributed by atoms with Crippen LogP contribution in [0.5, 0.6) is 11.6 Å². The van der Waals surface area contributed by atoms with E-state index < -0.39 is 0 Å². The quantitative estimate of drug-likeness (QED) is 0.750. The highest BCUT2D eigenvalue weighted by molar-refractivity contribution is 14.1. The van der Waals surface area contributed by atoms with Crippen molar-refractivity contribution in [2.45, 2.75) is 13.8 Å². The Labute approximate surface area is 124 Å². The van der Waals surface area contributed by atoms with Crippen LogP contribution in [0, 0.1) is 34.6 Å². The first-order valence-corrected chi connectivity index (χ1v) is 6.60. The molecule has 2 aromatic rings. The highest BCUT2D eigenvalue weighted by Crippen LogP contribution is 2.29. The summed E-state index contributed by atoms with van der Waals surface area (Å²) >= 11 is 2.11. The van der Waals surface area contributed by atoms with E-state index in [1.165, 1.54) is 18.2 Å². The molecule has 0 atom stereocenters. The van der Waals surface area contributed by atoms with E-state index in [9.17, 15) is 9.65 Å². The van der Waals surface area contributed by atoms with Crippen LogP contribution in [0.1, 0.15) is 16.7 Å². The van der Waals surface area contributed by atoms with E-state index in [-0.39, 0.29) is 11.7 Å². The monoisotopic (exact) mass is 368 g/mol. The second-order valence-electron chi connectivity index (χ2n) is 4.03. The molecule has 2 rings (SSSR count). The van der Waals surface area contributed by atoms with Crippen molar-refractivity contribution in [3.05, 3.63) is 50.5 Å². The lowest BCUT2D eigenvalue weighted by Crippen LogP contribution is -1.98. The summed E-state index contributed by atoms with van der Waals surface area (Å²) in [6.07, 6.45) is 1.64. The van der Waals surface area contributed by atoms with Crippen LogP contribution in [0.4, 0.5) is 4.39 Å². The predicted octanol–water partition coefficient (Wildman–Crippen LogP) is 4.11. The molecule has 0 aliphatic rings. The number of ether oxygens (including phenoxy) is 1. The molecule has 0 spiro atoms. The molecule has 0 radical (unpaired) electrons. The Morgan fingerprint density at radius 3 is 2.74 bits per heavy atom. The highest BCUT2D eigenvalue weighted by atomic mass is 127.